The number of aromatic nitrogens is 3. The van der Waals surface area contributed by atoms with E-state index in [1.165, 1.54) is 6.07 Å². The average Bonchev–Trinajstić information content (AvgIpc) is 2.90. The molecule has 1 aromatic carbocycles. The number of benzene rings is 1. The maximum atomic E-state index is 13.5. The maximum Gasteiger partial charge on any atom is 0.454 e. The molecule has 1 aliphatic rings. The number of Topliss-reactive ketones (excluding diaryl/α,β-unsaturated/α-hetero) is 1. The zero-order valence-corrected chi connectivity index (χ0v) is 16.4. The first-order valence-electron chi connectivity index (χ1n) is 9.55. The molecular formula is C20H18F3N5O3. The Hall–Kier alpha value is -3.63. The molecule has 0 atom stereocenters. The summed E-state index contributed by atoms with van der Waals surface area (Å²) in [5, 5.41) is 2.70. The van der Waals surface area contributed by atoms with Gasteiger partial charge >= 0.3 is 6.18 Å². The molecule has 0 saturated heterocycles. The van der Waals surface area contributed by atoms with E-state index in [1.807, 2.05) is 6.92 Å². The Labute approximate surface area is 174 Å². The lowest BCUT2D eigenvalue weighted by atomic mass is 10.1. The molecule has 3 heterocycles. The van der Waals surface area contributed by atoms with Gasteiger partial charge in [-0.05, 0) is 12.5 Å². The highest BCUT2D eigenvalue weighted by Gasteiger charge is 2.43. The second-order valence-electron chi connectivity index (χ2n) is 6.94. The smallest absolute Gasteiger partial charge is 0.454 e. The second kappa shape index (κ2) is 7.56. The van der Waals surface area contributed by atoms with Crippen molar-refractivity contribution in [3.8, 4) is 17.4 Å². The SMILES string of the molecule is CCCn1c(-c2nc(N)c3c(n2)OCCNC3=O)c(C(=O)C(F)(F)F)c2ccccc21. The van der Waals surface area contributed by atoms with Gasteiger partial charge in [0.2, 0.25) is 5.88 Å². The van der Waals surface area contributed by atoms with E-state index in [2.05, 4.69) is 15.3 Å². The van der Waals surface area contributed by atoms with Gasteiger partial charge in [0.1, 0.15) is 18.0 Å². The van der Waals surface area contributed by atoms with E-state index < -0.39 is 23.4 Å². The summed E-state index contributed by atoms with van der Waals surface area (Å²) in [6.07, 6.45) is -4.53. The number of rotatable bonds is 4. The third-order valence-corrected chi connectivity index (χ3v) is 4.87. The van der Waals surface area contributed by atoms with Crippen molar-refractivity contribution >= 4 is 28.4 Å². The molecule has 0 saturated carbocycles. The number of anilines is 1. The number of amides is 1. The van der Waals surface area contributed by atoms with Crippen molar-refractivity contribution in [2.75, 3.05) is 18.9 Å². The maximum absolute atomic E-state index is 13.5. The van der Waals surface area contributed by atoms with Crippen LogP contribution in [0.25, 0.3) is 22.4 Å². The van der Waals surface area contributed by atoms with Gasteiger partial charge in [0.25, 0.3) is 11.7 Å². The molecule has 0 aliphatic carbocycles. The number of nitrogens with two attached hydrogens (primary N) is 1. The number of fused-ring (bicyclic) bond motifs is 2. The number of para-hydroxylation sites is 1. The summed E-state index contributed by atoms with van der Waals surface area (Å²) in [5.74, 6) is -3.17. The Morgan fingerprint density at radius 3 is 2.74 bits per heavy atom. The molecule has 1 aliphatic heterocycles. The second-order valence-corrected chi connectivity index (χ2v) is 6.94. The highest BCUT2D eigenvalue weighted by Crippen LogP contribution is 2.38. The number of aryl methyl sites for hydroxylation is 1. The molecule has 3 N–H and O–H groups in total. The van der Waals surface area contributed by atoms with Crippen LogP contribution in [-0.4, -0.2) is 45.6 Å². The van der Waals surface area contributed by atoms with Crippen LogP contribution in [0.15, 0.2) is 24.3 Å². The summed E-state index contributed by atoms with van der Waals surface area (Å²) >= 11 is 0. The summed E-state index contributed by atoms with van der Waals surface area (Å²) < 4.78 is 47.6. The number of ketones is 1. The predicted molar refractivity (Wildman–Crippen MR) is 106 cm³/mol. The summed E-state index contributed by atoms with van der Waals surface area (Å²) in [7, 11) is 0. The van der Waals surface area contributed by atoms with Crippen LogP contribution < -0.4 is 15.8 Å². The van der Waals surface area contributed by atoms with Crippen LogP contribution in [0.1, 0.15) is 34.1 Å². The monoisotopic (exact) mass is 433 g/mol. The predicted octanol–water partition coefficient (Wildman–Crippen LogP) is 2.96. The van der Waals surface area contributed by atoms with E-state index in [0.29, 0.717) is 18.5 Å². The van der Waals surface area contributed by atoms with Crippen LogP contribution in [0.3, 0.4) is 0 Å². The molecule has 31 heavy (non-hydrogen) atoms. The van der Waals surface area contributed by atoms with E-state index in [0.717, 1.165) is 0 Å². The number of alkyl halides is 3. The van der Waals surface area contributed by atoms with Crippen LogP contribution in [0.5, 0.6) is 5.88 Å². The van der Waals surface area contributed by atoms with Gasteiger partial charge in [-0.1, -0.05) is 25.1 Å². The fourth-order valence-electron chi connectivity index (χ4n) is 3.64. The number of carbonyl (C=O) groups is 2. The fourth-order valence-corrected chi connectivity index (χ4v) is 3.64. The number of nitrogens with one attached hydrogen (secondary N) is 1. The number of nitrogens with zero attached hydrogens (tertiary/aromatic N) is 3. The lowest BCUT2D eigenvalue weighted by Crippen LogP contribution is -2.25. The Morgan fingerprint density at radius 2 is 2.03 bits per heavy atom. The Bertz CT molecular complexity index is 1200. The Balaban J connectivity index is 2.07. The average molecular weight is 433 g/mol. The molecule has 0 bridgehead atoms. The van der Waals surface area contributed by atoms with E-state index in [1.54, 1.807) is 22.8 Å². The minimum Gasteiger partial charge on any atom is -0.475 e. The molecule has 0 fully saturated rings. The molecule has 162 valence electrons. The van der Waals surface area contributed by atoms with Gasteiger partial charge in [0.15, 0.2) is 5.82 Å². The molecule has 8 nitrogen and oxygen atoms in total. The van der Waals surface area contributed by atoms with Crippen LogP contribution in [-0.2, 0) is 6.54 Å². The third-order valence-electron chi connectivity index (χ3n) is 4.87. The summed E-state index contributed by atoms with van der Waals surface area (Å²) in [5.41, 5.74) is 5.62. The first-order valence-corrected chi connectivity index (χ1v) is 9.55. The molecule has 11 heteroatoms. The van der Waals surface area contributed by atoms with Crippen LogP contribution in [0.2, 0.25) is 0 Å². The van der Waals surface area contributed by atoms with Crippen molar-refractivity contribution in [1.29, 1.82) is 0 Å². The fraction of sp³-hybridized carbons (Fsp3) is 0.300. The molecule has 4 rings (SSSR count). The van der Waals surface area contributed by atoms with Gasteiger partial charge in [-0.3, -0.25) is 9.59 Å². The molecule has 1 amide bonds. The molecule has 0 spiro atoms. The summed E-state index contributed by atoms with van der Waals surface area (Å²) in [6, 6.07) is 6.29. The number of ether oxygens (including phenoxy) is 1. The van der Waals surface area contributed by atoms with Crippen molar-refractivity contribution < 1.29 is 27.5 Å². The van der Waals surface area contributed by atoms with Crippen molar-refractivity contribution in [3.63, 3.8) is 0 Å². The molecular weight excluding hydrogens is 415 g/mol. The molecule has 3 aromatic rings. The van der Waals surface area contributed by atoms with Crippen molar-refractivity contribution in [1.82, 2.24) is 19.9 Å². The van der Waals surface area contributed by atoms with Gasteiger partial charge in [0, 0.05) is 17.4 Å². The van der Waals surface area contributed by atoms with Crippen LogP contribution in [0, 0.1) is 0 Å². The molecule has 0 radical (unpaired) electrons. The summed E-state index contributed by atoms with van der Waals surface area (Å²) in [4.78, 5) is 33.0. The van der Waals surface area contributed by atoms with E-state index in [4.69, 9.17) is 10.5 Å². The van der Waals surface area contributed by atoms with Gasteiger partial charge in [-0.25, -0.2) is 4.98 Å². The zero-order valence-electron chi connectivity index (χ0n) is 16.4. The Kier molecular flexibility index (Phi) is 5.03. The van der Waals surface area contributed by atoms with E-state index in [-0.39, 0.29) is 47.3 Å². The normalized spacial score (nSPS) is 14.0. The largest absolute Gasteiger partial charge is 0.475 e. The minimum absolute atomic E-state index is 0.0944. The minimum atomic E-state index is -5.11. The molecule has 0 unspecified atom stereocenters. The van der Waals surface area contributed by atoms with Gasteiger partial charge in [0.05, 0.1) is 17.8 Å². The Morgan fingerprint density at radius 1 is 1.29 bits per heavy atom. The third kappa shape index (κ3) is 3.45. The van der Waals surface area contributed by atoms with Crippen molar-refractivity contribution in [3.05, 3.63) is 35.4 Å². The van der Waals surface area contributed by atoms with Crippen LogP contribution in [0.4, 0.5) is 19.0 Å². The quantitative estimate of drug-likeness (QED) is 0.612. The lowest BCUT2D eigenvalue weighted by Gasteiger charge is -2.14. The molecule has 2 aromatic heterocycles. The van der Waals surface area contributed by atoms with E-state index in [9.17, 15) is 22.8 Å². The number of hydrogen-bond acceptors (Lipinski definition) is 6. The van der Waals surface area contributed by atoms with Gasteiger partial charge in [-0.15, -0.1) is 0 Å². The summed E-state index contributed by atoms with van der Waals surface area (Å²) in [6.45, 7) is 2.46. The highest BCUT2D eigenvalue weighted by atomic mass is 19.4. The number of nitrogen functional groups attached to an aromatic ring is 1. The lowest BCUT2D eigenvalue weighted by molar-refractivity contribution is -0.0883. The van der Waals surface area contributed by atoms with Gasteiger partial charge < -0.3 is 20.4 Å². The standard InChI is InChI=1S/C20H18F3N5O3/c1-2-8-28-11-6-4-3-5-10(11)12(15(29)20(21,22)23)14(28)17-26-16(24)13-18(30)25-7-9-31-19(13)27-17/h3-6H,2,7-9H2,1H3,(H,25,30)(H2,24,26,27). The first kappa shape index (κ1) is 20.6. The topological polar surface area (TPSA) is 112 Å². The number of carbonyl (C=O) groups excluding carboxylic acids is 2. The highest BCUT2D eigenvalue weighted by molar-refractivity contribution is 6.15. The first-order chi connectivity index (χ1) is 14.7. The number of halogens is 3. The van der Waals surface area contributed by atoms with Crippen molar-refractivity contribution in [2.45, 2.75) is 26.1 Å². The van der Waals surface area contributed by atoms with Crippen LogP contribution >= 0.6 is 0 Å². The zero-order chi connectivity index (χ0) is 22.3. The van der Waals surface area contributed by atoms with Gasteiger partial charge in [-0.2, -0.15) is 18.2 Å². The van der Waals surface area contributed by atoms with E-state index >= 15 is 0 Å². The number of hydrogen-bond donors (Lipinski definition) is 2. The van der Waals surface area contributed by atoms with Crippen molar-refractivity contribution in [2.24, 2.45) is 0 Å².